The second-order valence-electron chi connectivity index (χ2n) is 6.33. The normalized spacial score (nSPS) is 16.2. The van der Waals surface area contributed by atoms with Gasteiger partial charge in [0.1, 0.15) is 6.54 Å². The highest BCUT2D eigenvalue weighted by Gasteiger charge is 2.22. The summed E-state index contributed by atoms with van der Waals surface area (Å²) in [5.41, 5.74) is 3.39. The maximum absolute atomic E-state index is 12.4. The van der Waals surface area contributed by atoms with Crippen molar-refractivity contribution in [2.75, 3.05) is 27.3 Å². The number of Topliss-reactive ketones (excluding diaryl/α,β-unsaturated/α-hetero) is 1. The van der Waals surface area contributed by atoms with E-state index in [4.69, 9.17) is 9.47 Å². The molecule has 2 aromatic rings. The zero-order valence-electron chi connectivity index (χ0n) is 14.6. The fraction of sp³-hybridized carbons (Fsp3) is 0.350. The fourth-order valence-electron chi connectivity index (χ4n) is 3.31. The molecule has 1 atom stereocenters. The van der Waals surface area contributed by atoms with E-state index in [1.54, 1.807) is 14.2 Å². The number of carbonyl (C=O) groups excluding carboxylic acids is 1. The van der Waals surface area contributed by atoms with Crippen LogP contribution < -0.4 is 14.4 Å². The van der Waals surface area contributed by atoms with Crippen molar-refractivity contribution < 1.29 is 19.2 Å². The first kappa shape index (κ1) is 18.0. The minimum Gasteiger partial charge on any atom is -0.493 e. The predicted molar refractivity (Wildman–Crippen MR) is 101 cm³/mol. The van der Waals surface area contributed by atoms with E-state index in [1.807, 2.05) is 24.3 Å². The summed E-state index contributed by atoms with van der Waals surface area (Å²) in [4.78, 5) is 13.8. The Balaban J connectivity index is 1.63. The van der Waals surface area contributed by atoms with E-state index in [1.165, 1.54) is 16.0 Å². The van der Waals surface area contributed by atoms with Gasteiger partial charge in [-0.2, -0.15) is 0 Å². The summed E-state index contributed by atoms with van der Waals surface area (Å²) in [5, 5.41) is 0. The van der Waals surface area contributed by atoms with Gasteiger partial charge in [-0.3, -0.25) is 4.79 Å². The van der Waals surface area contributed by atoms with Crippen LogP contribution in [0.1, 0.15) is 27.9 Å². The Morgan fingerprint density at radius 2 is 1.72 bits per heavy atom. The Bertz CT molecular complexity index is 758. The van der Waals surface area contributed by atoms with Gasteiger partial charge in [0.2, 0.25) is 0 Å². The van der Waals surface area contributed by atoms with Crippen LogP contribution in [0.15, 0.2) is 40.9 Å². The smallest absolute Gasteiger partial charge is 0.168 e. The Labute approximate surface area is 156 Å². The average molecular weight is 405 g/mol. The van der Waals surface area contributed by atoms with Crippen LogP contribution in [0.4, 0.5) is 0 Å². The van der Waals surface area contributed by atoms with E-state index in [-0.39, 0.29) is 5.78 Å². The number of quaternary nitrogens is 1. The number of ether oxygens (including phenoxy) is 2. The molecule has 0 spiro atoms. The molecule has 0 aliphatic carbocycles. The lowest BCUT2D eigenvalue weighted by atomic mass is 9.98. The quantitative estimate of drug-likeness (QED) is 0.752. The van der Waals surface area contributed by atoms with Gasteiger partial charge in [0.15, 0.2) is 17.3 Å². The van der Waals surface area contributed by atoms with Crippen LogP contribution in [-0.2, 0) is 13.0 Å². The lowest BCUT2D eigenvalue weighted by Crippen LogP contribution is -3.11. The number of hydrogen-bond donors (Lipinski definition) is 1. The summed E-state index contributed by atoms with van der Waals surface area (Å²) < 4.78 is 11.8. The van der Waals surface area contributed by atoms with E-state index in [9.17, 15) is 4.79 Å². The molecule has 25 heavy (non-hydrogen) atoms. The molecule has 1 N–H and O–H groups in total. The molecule has 5 heteroatoms. The van der Waals surface area contributed by atoms with Gasteiger partial charge in [0.25, 0.3) is 0 Å². The lowest BCUT2D eigenvalue weighted by molar-refractivity contribution is -0.915. The fourth-order valence-corrected chi connectivity index (χ4v) is 3.58. The van der Waals surface area contributed by atoms with Crippen LogP contribution in [-0.4, -0.2) is 33.1 Å². The molecule has 132 valence electrons. The van der Waals surface area contributed by atoms with Crippen LogP contribution in [0.3, 0.4) is 0 Å². The van der Waals surface area contributed by atoms with Gasteiger partial charge in [-0.05, 0) is 29.8 Å². The molecule has 0 saturated carbocycles. The predicted octanol–water partition coefficient (Wildman–Crippen LogP) is 2.68. The van der Waals surface area contributed by atoms with Crippen LogP contribution in [0.5, 0.6) is 11.5 Å². The van der Waals surface area contributed by atoms with Crippen molar-refractivity contribution in [3.63, 3.8) is 0 Å². The van der Waals surface area contributed by atoms with Crippen LogP contribution >= 0.6 is 15.9 Å². The maximum atomic E-state index is 12.4. The van der Waals surface area contributed by atoms with Crippen molar-refractivity contribution in [3.05, 3.63) is 57.6 Å². The highest BCUT2D eigenvalue weighted by molar-refractivity contribution is 9.10. The molecule has 4 nitrogen and oxygen atoms in total. The molecule has 1 heterocycles. The molecule has 0 saturated heterocycles. The molecule has 0 aromatic heterocycles. The molecule has 2 aromatic carbocycles. The largest absolute Gasteiger partial charge is 0.493 e. The number of benzene rings is 2. The zero-order chi connectivity index (χ0) is 17.8. The summed E-state index contributed by atoms with van der Waals surface area (Å²) in [7, 11) is 3.33. The number of carbonyl (C=O) groups is 1. The van der Waals surface area contributed by atoms with Crippen molar-refractivity contribution in [1.29, 1.82) is 0 Å². The van der Waals surface area contributed by atoms with Crippen molar-refractivity contribution in [1.82, 2.24) is 0 Å². The highest BCUT2D eigenvalue weighted by atomic mass is 79.9. The van der Waals surface area contributed by atoms with E-state index in [0.717, 1.165) is 47.6 Å². The molecule has 1 unspecified atom stereocenters. The number of methoxy groups -OCH3 is 2. The van der Waals surface area contributed by atoms with Crippen LogP contribution in [0, 0.1) is 0 Å². The molecule has 0 radical (unpaired) electrons. The highest BCUT2D eigenvalue weighted by Crippen LogP contribution is 2.31. The first-order chi connectivity index (χ1) is 12.1. The van der Waals surface area contributed by atoms with E-state index in [0.29, 0.717) is 6.42 Å². The third-order valence-corrected chi connectivity index (χ3v) is 5.29. The van der Waals surface area contributed by atoms with Crippen molar-refractivity contribution in [3.8, 4) is 11.5 Å². The van der Waals surface area contributed by atoms with Gasteiger partial charge in [0, 0.05) is 22.0 Å². The lowest BCUT2D eigenvalue weighted by Gasteiger charge is -2.26. The summed E-state index contributed by atoms with van der Waals surface area (Å²) in [6, 6.07) is 11.7. The summed E-state index contributed by atoms with van der Waals surface area (Å²) in [6.45, 7) is 2.81. The monoisotopic (exact) mass is 404 g/mol. The van der Waals surface area contributed by atoms with Gasteiger partial charge in [-0.1, -0.05) is 28.1 Å². The van der Waals surface area contributed by atoms with Crippen molar-refractivity contribution >= 4 is 21.7 Å². The van der Waals surface area contributed by atoms with Crippen molar-refractivity contribution in [2.45, 2.75) is 19.4 Å². The zero-order valence-corrected chi connectivity index (χ0v) is 16.2. The van der Waals surface area contributed by atoms with Crippen LogP contribution in [0.25, 0.3) is 0 Å². The molecule has 1 aliphatic heterocycles. The second-order valence-corrected chi connectivity index (χ2v) is 7.25. The third-order valence-electron chi connectivity index (χ3n) is 4.77. The van der Waals surface area contributed by atoms with Gasteiger partial charge >= 0.3 is 0 Å². The molecule has 1 aliphatic rings. The first-order valence-electron chi connectivity index (χ1n) is 8.47. The minimum atomic E-state index is 0.207. The van der Waals surface area contributed by atoms with Crippen LogP contribution in [0.2, 0.25) is 0 Å². The average Bonchev–Trinajstić information content (AvgIpc) is 2.65. The summed E-state index contributed by atoms with van der Waals surface area (Å²) in [6.07, 6.45) is 1.57. The number of halogens is 1. The third kappa shape index (κ3) is 4.22. The van der Waals surface area contributed by atoms with E-state index >= 15 is 0 Å². The molecular formula is C20H23BrNO3+. The topological polar surface area (TPSA) is 40.0 Å². The summed E-state index contributed by atoms with van der Waals surface area (Å²) in [5.74, 6) is 1.77. The van der Waals surface area contributed by atoms with Gasteiger partial charge in [0.05, 0.1) is 33.7 Å². The number of hydrogen-bond acceptors (Lipinski definition) is 3. The maximum Gasteiger partial charge on any atom is 0.168 e. The number of fused-ring (bicyclic) bond motifs is 1. The Hall–Kier alpha value is -1.85. The van der Waals surface area contributed by atoms with Gasteiger partial charge in [-0.15, -0.1) is 0 Å². The molecule has 0 bridgehead atoms. The van der Waals surface area contributed by atoms with E-state index < -0.39 is 0 Å². The van der Waals surface area contributed by atoms with Crippen molar-refractivity contribution in [2.24, 2.45) is 0 Å². The Morgan fingerprint density at radius 1 is 1.08 bits per heavy atom. The standard InChI is InChI=1S/C20H22BrNO3/c1-24-19-11-15-7-9-22(13-16(15)12-20(19)25-2)10-8-18(23)14-3-5-17(21)6-4-14/h3-6,11-12H,7-10,13H2,1-2H3/p+1. The Morgan fingerprint density at radius 3 is 2.36 bits per heavy atom. The second kappa shape index (κ2) is 8.02. The number of nitrogens with one attached hydrogen (secondary N) is 1. The van der Waals surface area contributed by atoms with E-state index in [2.05, 4.69) is 28.1 Å². The minimum absolute atomic E-state index is 0.207. The molecule has 0 amide bonds. The molecule has 3 rings (SSSR count). The Kier molecular flexibility index (Phi) is 5.76. The summed E-state index contributed by atoms with van der Waals surface area (Å²) >= 11 is 3.40. The number of rotatable bonds is 6. The van der Waals surface area contributed by atoms with Gasteiger partial charge in [-0.25, -0.2) is 0 Å². The SMILES string of the molecule is COc1cc2c(cc1OC)C[NH+](CCC(=O)c1ccc(Br)cc1)CC2. The molecular weight excluding hydrogens is 382 g/mol. The number of ketones is 1. The van der Waals surface area contributed by atoms with Gasteiger partial charge < -0.3 is 14.4 Å². The first-order valence-corrected chi connectivity index (χ1v) is 9.26. The molecule has 0 fully saturated rings.